The molecule has 4 rings (SSSR count). The third-order valence-electron chi connectivity index (χ3n) is 4.91. The number of nitrogens with zero attached hydrogens (tertiary/aromatic N) is 2. The number of aliphatic hydroxyl groups is 3. The van der Waals surface area contributed by atoms with E-state index in [9.17, 15) is 20.1 Å². The standard InChI is InChI=1S/C16H18N4O5S/c1-6-3-9(26)17-12-10-7(6)4-20(13(10)19-15(23)18-12)14-16(2,24)11(22)8(5-21)25-14/h3-4,8,11,14,21-22,24H,5H2,1-2H3,(H2,17,18,19,23,26)/t8-,11-,14?,16-/m1/s1. The summed E-state index contributed by atoms with van der Waals surface area (Å²) in [6.45, 7) is 2.84. The van der Waals surface area contributed by atoms with E-state index in [1.54, 1.807) is 16.8 Å². The molecule has 0 aliphatic carbocycles. The first-order valence-electron chi connectivity index (χ1n) is 8.05. The molecule has 0 aromatic carbocycles. The number of rotatable bonds is 2. The van der Waals surface area contributed by atoms with Crippen LogP contribution in [0.5, 0.6) is 0 Å². The first-order chi connectivity index (χ1) is 12.2. The van der Waals surface area contributed by atoms with E-state index in [-0.39, 0.29) is 0 Å². The van der Waals surface area contributed by atoms with Crippen LogP contribution in [0.25, 0.3) is 10.8 Å². The van der Waals surface area contributed by atoms with E-state index < -0.39 is 36.7 Å². The Morgan fingerprint density at radius 1 is 1.46 bits per heavy atom. The Balaban J connectivity index is 2.00. The van der Waals surface area contributed by atoms with Crippen molar-refractivity contribution in [3.63, 3.8) is 0 Å². The lowest BCUT2D eigenvalue weighted by atomic mass is 9.96. The van der Waals surface area contributed by atoms with Crippen molar-refractivity contribution in [3.8, 4) is 0 Å². The van der Waals surface area contributed by atoms with Crippen LogP contribution in [-0.4, -0.2) is 55.3 Å². The third kappa shape index (κ3) is 2.34. The highest BCUT2D eigenvalue weighted by molar-refractivity contribution is 7.71. The van der Waals surface area contributed by atoms with E-state index in [2.05, 4.69) is 15.6 Å². The smallest absolute Gasteiger partial charge is 0.326 e. The maximum atomic E-state index is 12.1. The van der Waals surface area contributed by atoms with Gasteiger partial charge in [0.15, 0.2) is 6.23 Å². The molecule has 2 aromatic rings. The summed E-state index contributed by atoms with van der Waals surface area (Å²) in [6, 6.07) is 1.22. The van der Waals surface area contributed by atoms with Crippen molar-refractivity contribution in [2.45, 2.75) is 37.9 Å². The minimum absolute atomic E-state index is 0.312. The number of hydrogen-bond acceptors (Lipinski definition) is 7. The third-order valence-corrected chi connectivity index (χ3v) is 5.12. The van der Waals surface area contributed by atoms with Gasteiger partial charge in [-0.3, -0.25) is 10.6 Å². The molecule has 26 heavy (non-hydrogen) atoms. The van der Waals surface area contributed by atoms with Gasteiger partial charge in [0.25, 0.3) is 0 Å². The van der Waals surface area contributed by atoms with Crippen LogP contribution in [0.15, 0.2) is 12.3 Å². The highest BCUT2D eigenvalue weighted by Crippen LogP contribution is 2.44. The zero-order valence-corrected chi connectivity index (χ0v) is 14.9. The van der Waals surface area contributed by atoms with Crippen LogP contribution in [-0.2, 0) is 4.74 Å². The number of nitrogens with one attached hydrogen (secondary N) is 2. The molecule has 1 saturated heterocycles. The number of urea groups is 1. The molecule has 2 aromatic heterocycles. The zero-order chi connectivity index (χ0) is 18.8. The number of anilines is 2. The monoisotopic (exact) mass is 378 g/mol. The van der Waals surface area contributed by atoms with Gasteiger partial charge in [0.2, 0.25) is 0 Å². The number of aliphatic hydroxyl groups excluding tert-OH is 2. The van der Waals surface area contributed by atoms with Crippen molar-refractivity contribution in [2.24, 2.45) is 0 Å². The zero-order valence-electron chi connectivity index (χ0n) is 14.1. The van der Waals surface area contributed by atoms with Gasteiger partial charge in [0, 0.05) is 11.6 Å². The average Bonchev–Trinajstić information content (AvgIpc) is 2.99. The second kappa shape index (κ2) is 5.69. The Morgan fingerprint density at radius 3 is 2.85 bits per heavy atom. The number of carbonyl (C=O) groups excluding carboxylic acids is 1. The van der Waals surface area contributed by atoms with Crippen molar-refractivity contribution >= 4 is 40.7 Å². The summed E-state index contributed by atoms with van der Waals surface area (Å²) in [5.41, 5.74) is -0.847. The van der Waals surface area contributed by atoms with Gasteiger partial charge in [-0.1, -0.05) is 12.2 Å². The van der Waals surface area contributed by atoms with E-state index in [1.807, 2.05) is 6.92 Å². The summed E-state index contributed by atoms with van der Waals surface area (Å²) in [4.78, 5) is 16.3. The van der Waals surface area contributed by atoms with Crippen molar-refractivity contribution in [1.29, 1.82) is 0 Å². The molecule has 9 nitrogen and oxygen atoms in total. The molecule has 1 unspecified atom stereocenters. The molecule has 4 heterocycles. The van der Waals surface area contributed by atoms with Gasteiger partial charge in [-0.15, -0.1) is 0 Å². The van der Waals surface area contributed by atoms with Gasteiger partial charge in [-0.05, 0) is 25.5 Å². The van der Waals surface area contributed by atoms with Gasteiger partial charge < -0.3 is 24.6 Å². The van der Waals surface area contributed by atoms with Gasteiger partial charge >= 0.3 is 6.03 Å². The predicted molar refractivity (Wildman–Crippen MR) is 95.6 cm³/mol. The number of carbonyl (C=O) groups is 1. The lowest BCUT2D eigenvalue weighted by molar-refractivity contribution is -0.0954. The molecule has 2 aliphatic heterocycles. The fraction of sp³-hybridized carbons (Fsp3) is 0.438. The summed E-state index contributed by atoms with van der Waals surface area (Å²) in [5, 5.41) is 37.1. The lowest BCUT2D eigenvalue weighted by Crippen LogP contribution is -2.44. The van der Waals surface area contributed by atoms with E-state index in [1.165, 1.54) is 6.92 Å². The summed E-state index contributed by atoms with van der Waals surface area (Å²) < 4.78 is 7.57. The van der Waals surface area contributed by atoms with Crippen LogP contribution in [0.4, 0.5) is 16.4 Å². The molecular formula is C16H18N4O5S. The molecule has 0 spiro atoms. The maximum Gasteiger partial charge on any atom is 0.326 e. The Labute approximate surface area is 153 Å². The van der Waals surface area contributed by atoms with Crippen molar-refractivity contribution in [2.75, 3.05) is 17.2 Å². The van der Waals surface area contributed by atoms with E-state index in [0.29, 0.717) is 21.7 Å². The first-order valence-corrected chi connectivity index (χ1v) is 8.46. The predicted octanol–water partition coefficient (Wildman–Crippen LogP) is 1.03. The summed E-state index contributed by atoms with van der Waals surface area (Å²) in [5.74, 6) is 0.684. The van der Waals surface area contributed by atoms with Gasteiger partial charge in [0.1, 0.15) is 34.1 Å². The molecule has 0 bridgehead atoms. The van der Waals surface area contributed by atoms with Crippen LogP contribution in [0.1, 0.15) is 18.7 Å². The van der Waals surface area contributed by atoms with E-state index in [0.717, 1.165) is 10.9 Å². The van der Waals surface area contributed by atoms with Gasteiger partial charge in [-0.25, -0.2) is 9.78 Å². The highest BCUT2D eigenvalue weighted by atomic mass is 32.1. The van der Waals surface area contributed by atoms with Crippen LogP contribution in [0.2, 0.25) is 0 Å². The molecule has 4 atom stereocenters. The quantitative estimate of drug-likeness (QED) is 0.494. The molecule has 1 fully saturated rings. The summed E-state index contributed by atoms with van der Waals surface area (Å²) in [6.07, 6.45) is -1.55. The Hall–Kier alpha value is -2.11. The molecule has 0 saturated carbocycles. The maximum absolute atomic E-state index is 12.1. The van der Waals surface area contributed by atoms with E-state index >= 15 is 0 Å². The second-order valence-electron chi connectivity index (χ2n) is 6.76. The largest absolute Gasteiger partial charge is 0.394 e. The van der Waals surface area contributed by atoms with Gasteiger partial charge in [0.05, 0.1) is 12.0 Å². The molecule has 10 heteroatoms. The SMILES string of the molecule is Cc1cc(=S)nc2c3c(n(C4O[C@H](CO)[C@@H](O)[C@@]4(C)O)cc13)NC(=O)N2. The van der Waals surface area contributed by atoms with Crippen LogP contribution in [0.3, 0.4) is 0 Å². The molecule has 2 amide bonds. The second-order valence-corrected chi connectivity index (χ2v) is 7.18. The van der Waals surface area contributed by atoms with Gasteiger partial charge in [-0.2, -0.15) is 0 Å². The van der Waals surface area contributed by atoms with Crippen molar-refractivity contribution < 1.29 is 24.9 Å². The number of aromatic nitrogens is 2. The summed E-state index contributed by atoms with van der Waals surface area (Å²) >= 11 is 5.19. The van der Waals surface area contributed by atoms with Crippen LogP contribution >= 0.6 is 12.2 Å². The van der Waals surface area contributed by atoms with Crippen LogP contribution in [0, 0.1) is 11.6 Å². The highest BCUT2D eigenvalue weighted by Gasteiger charge is 2.53. The lowest BCUT2D eigenvalue weighted by Gasteiger charge is -2.29. The number of hydrogen-bond donors (Lipinski definition) is 5. The fourth-order valence-corrected chi connectivity index (χ4v) is 3.83. The average molecular weight is 378 g/mol. The number of ether oxygens (including phenoxy) is 1. The molecule has 138 valence electrons. The minimum Gasteiger partial charge on any atom is -0.394 e. The van der Waals surface area contributed by atoms with Crippen molar-refractivity contribution in [1.82, 2.24) is 9.55 Å². The number of aryl methyl sites for hydroxylation is 1. The summed E-state index contributed by atoms with van der Waals surface area (Å²) in [7, 11) is 0. The topological polar surface area (TPSA) is 129 Å². The molecule has 0 radical (unpaired) electrons. The molecular weight excluding hydrogens is 360 g/mol. The molecule has 2 aliphatic rings. The Kier molecular flexibility index (Phi) is 3.79. The van der Waals surface area contributed by atoms with Crippen LogP contribution < -0.4 is 10.6 Å². The number of amides is 2. The Morgan fingerprint density at radius 2 is 2.19 bits per heavy atom. The van der Waals surface area contributed by atoms with Crippen molar-refractivity contribution in [3.05, 3.63) is 22.5 Å². The normalized spacial score (nSPS) is 30.3. The minimum atomic E-state index is -1.68. The fourth-order valence-electron chi connectivity index (χ4n) is 3.56. The Bertz CT molecular complexity index is 989. The first kappa shape index (κ1) is 17.3. The van der Waals surface area contributed by atoms with E-state index in [4.69, 9.17) is 17.0 Å². The molecule has 5 N–H and O–H groups in total.